The zero-order chi connectivity index (χ0) is 17.3. The van der Waals surface area contributed by atoms with E-state index in [0.29, 0.717) is 12.8 Å². The summed E-state index contributed by atoms with van der Waals surface area (Å²) in [5.41, 5.74) is 1.79. The fourth-order valence-corrected chi connectivity index (χ4v) is 5.44. The predicted octanol–water partition coefficient (Wildman–Crippen LogP) is 4.27. The number of halogens is 2. The molecule has 128 valence electrons. The van der Waals surface area contributed by atoms with Gasteiger partial charge in [0, 0.05) is 11.9 Å². The van der Waals surface area contributed by atoms with Crippen molar-refractivity contribution in [2.45, 2.75) is 36.7 Å². The molecule has 0 aliphatic carbocycles. The second-order valence-corrected chi connectivity index (χ2v) is 8.25. The molecule has 2 atom stereocenters. The molecule has 1 aliphatic rings. The van der Waals surface area contributed by atoms with Gasteiger partial charge in [0.2, 0.25) is 10.0 Å². The van der Waals surface area contributed by atoms with Crippen LogP contribution in [0.15, 0.2) is 53.4 Å². The second kappa shape index (κ2) is 6.82. The molecule has 1 heterocycles. The van der Waals surface area contributed by atoms with Crippen molar-refractivity contribution in [3.8, 4) is 0 Å². The molecule has 0 bridgehead atoms. The first kappa shape index (κ1) is 17.4. The van der Waals surface area contributed by atoms with Gasteiger partial charge in [0.15, 0.2) is 0 Å². The number of benzene rings is 2. The number of alkyl halides is 1. The van der Waals surface area contributed by atoms with Crippen LogP contribution in [0.1, 0.15) is 30.0 Å². The molecule has 24 heavy (non-hydrogen) atoms. The molecule has 0 spiro atoms. The fourth-order valence-electron chi connectivity index (χ4n) is 3.20. The molecule has 0 amide bonds. The summed E-state index contributed by atoms with van der Waals surface area (Å²) in [4.78, 5) is 0.261. The molecule has 1 fully saturated rings. The number of rotatable bonds is 4. The van der Waals surface area contributed by atoms with Gasteiger partial charge in [0.1, 0.15) is 5.82 Å². The SMILES string of the molecule is Cc1ccc(S(=O)(=O)N2C(CCl)CCC2c2ccc(F)cc2)cc1. The molecule has 0 N–H and O–H groups in total. The van der Waals surface area contributed by atoms with Crippen molar-refractivity contribution in [3.63, 3.8) is 0 Å². The molecule has 1 aliphatic heterocycles. The minimum atomic E-state index is -3.67. The van der Waals surface area contributed by atoms with Crippen LogP contribution in [0.2, 0.25) is 0 Å². The Morgan fingerprint density at radius 2 is 1.71 bits per heavy atom. The van der Waals surface area contributed by atoms with E-state index in [1.807, 2.05) is 6.92 Å². The first-order valence-electron chi connectivity index (χ1n) is 7.85. The molecule has 0 radical (unpaired) electrons. The summed E-state index contributed by atoms with van der Waals surface area (Å²) < 4.78 is 41.0. The smallest absolute Gasteiger partial charge is 0.207 e. The van der Waals surface area contributed by atoms with Crippen LogP contribution < -0.4 is 0 Å². The number of aryl methyl sites for hydroxylation is 1. The Morgan fingerprint density at radius 1 is 1.08 bits per heavy atom. The Morgan fingerprint density at radius 3 is 2.29 bits per heavy atom. The van der Waals surface area contributed by atoms with Crippen LogP contribution in [0.3, 0.4) is 0 Å². The van der Waals surface area contributed by atoms with Crippen molar-refractivity contribution in [1.29, 1.82) is 0 Å². The highest BCUT2D eigenvalue weighted by molar-refractivity contribution is 7.89. The van der Waals surface area contributed by atoms with Gasteiger partial charge in [-0.25, -0.2) is 12.8 Å². The molecule has 1 saturated heterocycles. The largest absolute Gasteiger partial charge is 0.243 e. The predicted molar refractivity (Wildman–Crippen MR) is 93.1 cm³/mol. The van der Waals surface area contributed by atoms with E-state index in [9.17, 15) is 12.8 Å². The lowest BCUT2D eigenvalue weighted by atomic mass is 10.1. The van der Waals surface area contributed by atoms with E-state index in [4.69, 9.17) is 11.6 Å². The minimum absolute atomic E-state index is 0.239. The third-order valence-corrected chi connectivity index (χ3v) is 6.80. The van der Waals surface area contributed by atoms with E-state index in [0.717, 1.165) is 11.1 Å². The normalized spacial score (nSPS) is 22.0. The van der Waals surface area contributed by atoms with Crippen molar-refractivity contribution < 1.29 is 12.8 Å². The topological polar surface area (TPSA) is 37.4 Å². The monoisotopic (exact) mass is 367 g/mol. The van der Waals surface area contributed by atoms with Crippen LogP contribution in [0, 0.1) is 12.7 Å². The van der Waals surface area contributed by atoms with Gasteiger partial charge in [-0.05, 0) is 49.6 Å². The number of hydrogen-bond donors (Lipinski definition) is 0. The van der Waals surface area contributed by atoms with Crippen molar-refractivity contribution in [2.24, 2.45) is 0 Å². The highest BCUT2D eigenvalue weighted by atomic mass is 35.5. The van der Waals surface area contributed by atoms with E-state index in [-0.39, 0.29) is 28.7 Å². The van der Waals surface area contributed by atoms with Gasteiger partial charge < -0.3 is 0 Å². The number of nitrogens with zero attached hydrogens (tertiary/aromatic N) is 1. The standard InChI is InChI=1S/C18H19ClFNO2S/c1-13-2-9-17(10-3-13)24(22,23)21-16(12-19)8-11-18(21)14-4-6-15(20)7-5-14/h2-7,9-10,16,18H,8,11-12H2,1H3. The van der Waals surface area contributed by atoms with Crippen LogP contribution in [0.4, 0.5) is 4.39 Å². The van der Waals surface area contributed by atoms with Crippen LogP contribution in [0.5, 0.6) is 0 Å². The minimum Gasteiger partial charge on any atom is -0.207 e. The first-order chi connectivity index (χ1) is 11.4. The summed E-state index contributed by atoms with van der Waals surface area (Å²) in [7, 11) is -3.67. The van der Waals surface area contributed by atoms with Gasteiger partial charge in [0.05, 0.1) is 10.9 Å². The molecular formula is C18H19ClFNO2S. The highest BCUT2D eigenvalue weighted by Gasteiger charge is 2.42. The molecule has 0 saturated carbocycles. The maximum Gasteiger partial charge on any atom is 0.243 e. The molecular weight excluding hydrogens is 349 g/mol. The lowest BCUT2D eigenvalue weighted by Crippen LogP contribution is -2.38. The molecule has 2 aromatic rings. The second-order valence-electron chi connectivity index (χ2n) is 6.10. The quantitative estimate of drug-likeness (QED) is 0.757. The van der Waals surface area contributed by atoms with Crippen molar-refractivity contribution in [1.82, 2.24) is 4.31 Å². The average Bonchev–Trinajstić information content (AvgIpc) is 3.01. The van der Waals surface area contributed by atoms with Crippen LogP contribution in [0.25, 0.3) is 0 Å². The maximum atomic E-state index is 13.2. The van der Waals surface area contributed by atoms with Crippen LogP contribution in [-0.4, -0.2) is 24.6 Å². The summed E-state index contributed by atoms with van der Waals surface area (Å²) in [6.07, 6.45) is 1.37. The zero-order valence-corrected chi connectivity index (χ0v) is 14.9. The first-order valence-corrected chi connectivity index (χ1v) is 9.82. The molecule has 0 aromatic heterocycles. The Hall–Kier alpha value is -1.43. The van der Waals surface area contributed by atoms with Gasteiger partial charge in [-0.1, -0.05) is 29.8 Å². The lowest BCUT2D eigenvalue weighted by molar-refractivity contribution is 0.342. The third-order valence-electron chi connectivity index (χ3n) is 4.47. The Kier molecular flexibility index (Phi) is 4.95. The summed E-state index contributed by atoms with van der Waals surface area (Å²) in [5.74, 6) is -0.0958. The van der Waals surface area contributed by atoms with E-state index in [1.165, 1.54) is 16.4 Å². The Balaban J connectivity index is 2.02. The average molecular weight is 368 g/mol. The van der Waals surface area contributed by atoms with E-state index >= 15 is 0 Å². The number of sulfonamides is 1. The maximum absolute atomic E-state index is 13.2. The van der Waals surface area contributed by atoms with Gasteiger partial charge in [0.25, 0.3) is 0 Å². The van der Waals surface area contributed by atoms with Gasteiger partial charge in [-0.3, -0.25) is 0 Å². The summed E-state index contributed by atoms with van der Waals surface area (Å²) in [5, 5.41) is 0. The van der Waals surface area contributed by atoms with Crippen LogP contribution >= 0.6 is 11.6 Å². The van der Waals surface area contributed by atoms with E-state index < -0.39 is 10.0 Å². The lowest BCUT2D eigenvalue weighted by Gasteiger charge is -2.29. The van der Waals surface area contributed by atoms with Gasteiger partial charge in [-0.2, -0.15) is 4.31 Å². The fraction of sp³-hybridized carbons (Fsp3) is 0.333. The van der Waals surface area contributed by atoms with Gasteiger partial charge in [-0.15, -0.1) is 11.6 Å². The Bertz CT molecular complexity index is 806. The highest BCUT2D eigenvalue weighted by Crippen LogP contribution is 2.40. The molecule has 2 aromatic carbocycles. The van der Waals surface area contributed by atoms with Crippen molar-refractivity contribution >= 4 is 21.6 Å². The summed E-state index contributed by atoms with van der Waals surface area (Å²) in [6, 6.07) is 12.2. The molecule has 3 rings (SSSR count). The van der Waals surface area contributed by atoms with Crippen molar-refractivity contribution in [2.75, 3.05) is 5.88 Å². The number of hydrogen-bond acceptors (Lipinski definition) is 2. The summed E-state index contributed by atoms with van der Waals surface area (Å²) >= 11 is 6.03. The molecule has 2 unspecified atom stereocenters. The van der Waals surface area contributed by atoms with E-state index in [1.54, 1.807) is 36.4 Å². The van der Waals surface area contributed by atoms with Crippen LogP contribution in [-0.2, 0) is 10.0 Å². The Labute approximate surface area is 147 Å². The van der Waals surface area contributed by atoms with Gasteiger partial charge >= 0.3 is 0 Å². The molecule has 3 nitrogen and oxygen atoms in total. The molecule has 6 heteroatoms. The van der Waals surface area contributed by atoms with E-state index in [2.05, 4.69) is 0 Å². The zero-order valence-electron chi connectivity index (χ0n) is 13.3. The van der Waals surface area contributed by atoms with Crippen molar-refractivity contribution in [3.05, 3.63) is 65.5 Å². The third kappa shape index (κ3) is 3.21. The summed E-state index contributed by atoms with van der Waals surface area (Å²) in [6.45, 7) is 1.91.